The van der Waals surface area contributed by atoms with Crippen molar-refractivity contribution >= 4 is 0 Å². The largest absolute Gasteiger partial charge is 0.300 e. The first-order valence-corrected chi connectivity index (χ1v) is 8.52. The van der Waals surface area contributed by atoms with Crippen molar-refractivity contribution in [2.75, 3.05) is 26.2 Å². The van der Waals surface area contributed by atoms with E-state index in [1.54, 1.807) is 0 Å². The normalized spacial score (nSPS) is 24.2. The van der Waals surface area contributed by atoms with E-state index >= 15 is 0 Å². The lowest BCUT2D eigenvalue weighted by Crippen LogP contribution is -2.49. The summed E-state index contributed by atoms with van der Waals surface area (Å²) < 4.78 is 0. The molecule has 0 aromatic carbocycles. The highest BCUT2D eigenvalue weighted by molar-refractivity contribution is 5.06. The third-order valence-electron chi connectivity index (χ3n) is 4.70. The van der Waals surface area contributed by atoms with Crippen LogP contribution in [0.25, 0.3) is 0 Å². The Labute approximate surface area is 131 Å². The molecule has 0 aliphatic carbocycles. The van der Waals surface area contributed by atoms with Gasteiger partial charge in [-0.1, -0.05) is 13.8 Å². The number of nitriles is 1. The molecule has 4 heteroatoms. The summed E-state index contributed by atoms with van der Waals surface area (Å²) in [5.74, 6) is 0. The van der Waals surface area contributed by atoms with E-state index in [4.69, 9.17) is 0 Å². The molecule has 0 saturated carbocycles. The van der Waals surface area contributed by atoms with E-state index in [1.807, 2.05) is 6.92 Å². The van der Waals surface area contributed by atoms with Crippen molar-refractivity contribution in [3.05, 3.63) is 0 Å². The third kappa shape index (κ3) is 5.25. The van der Waals surface area contributed by atoms with E-state index in [2.05, 4.69) is 55.8 Å². The average Bonchev–Trinajstić information content (AvgIpc) is 2.89. The Morgan fingerprint density at radius 3 is 2.43 bits per heavy atom. The van der Waals surface area contributed by atoms with Crippen LogP contribution in [0.4, 0.5) is 0 Å². The fourth-order valence-corrected chi connectivity index (χ4v) is 3.70. The van der Waals surface area contributed by atoms with Crippen LogP contribution in [0.2, 0.25) is 0 Å². The highest BCUT2D eigenvalue weighted by Gasteiger charge is 2.33. The van der Waals surface area contributed by atoms with E-state index in [9.17, 15) is 5.26 Å². The van der Waals surface area contributed by atoms with Crippen molar-refractivity contribution in [2.24, 2.45) is 0 Å². The highest BCUT2D eigenvalue weighted by Crippen LogP contribution is 2.23. The predicted octanol–water partition coefficient (Wildman–Crippen LogP) is 2.46. The van der Waals surface area contributed by atoms with Crippen LogP contribution in [-0.4, -0.2) is 59.6 Å². The van der Waals surface area contributed by atoms with Crippen molar-refractivity contribution in [3.8, 4) is 6.07 Å². The van der Waals surface area contributed by atoms with Crippen LogP contribution in [0.15, 0.2) is 0 Å². The van der Waals surface area contributed by atoms with Gasteiger partial charge in [-0.05, 0) is 53.6 Å². The predicted molar refractivity (Wildman–Crippen MR) is 89.3 cm³/mol. The molecule has 0 aromatic heterocycles. The Morgan fingerprint density at radius 2 is 1.95 bits per heavy atom. The van der Waals surface area contributed by atoms with Gasteiger partial charge in [-0.2, -0.15) is 5.26 Å². The van der Waals surface area contributed by atoms with Crippen molar-refractivity contribution < 1.29 is 0 Å². The summed E-state index contributed by atoms with van der Waals surface area (Å²) in [6.07, 6.45) is 2.14. The lowest BCUT2D eigenvalue weighted by molar-refractivity contribution is 0.174. The summed E-state index contributed by atoms with van der Waals surface area (Å²) in [7, 11) is 0. The number of nitrogens with one attached hydrogen (secondary N) is 1. The van der Waals surface area contributed by atoms with E-state index in [0.717, 1.165) is 32.6 Å². The van der Waals surface area contributed by atoms with E-state index in [1.165, 1.54) is 6.42 Å². The van der Waals surface area contributed by atoms with Crippen LogP contribution >= 0.6 is 0 Å². The second kappa shape index (κ2) is 8.12. The second-order valence-electron chi connectivity index (χ2n) is 6.95. The molecule has 1 aliphatic heterocycles. The maximum Gasteiger partial charge on any atom is 0.105 e. The third-order valence-corrected chi connectivity index (χ3v) is 4.70. The van der Waals surface area contributed by atoms with Gasteiger partial charge < -0.3 is 0 Å². The molecule has 3 unspecified atom stereocenters. The van der Waals surface area contributed by atoms with Gasteiger partial charge in [-0.3, -0.25) is 15.1 Å². The molecule has 0 amide bonds. The molecule has 1 N–H and O–H groups in total. The van der Waals surface area contributed by atoms with Gasteiger partial charge in [0.05, 0.1) is 6.07 Å². The summed E-state index contributed by atoms with van der Waals surface area (Å²) in [4.78, 5) is 5.11. The molecule has 21 heavy (non-hydrogen) atoms. The van der Waals surface area contributed by atoms with Gasteiger partial charge in [0.2, 0.25) is 0 Å². The van der Waals surface area contributed by atoms with Gasteiger partial charge in [-0.25, -0.2) is 0 Å². The smallest absolute Gasteiger partial charge is 0.105 e. The Bertz CT molecular complexity index is 345. The maximum absolute atomic E-state index is 9.50. The first-order chi connectivity index (χ1) is 9.85. The number of hydrogen-bond donors (Lipinski definition) is 1. The lowest BCUT2D eigenvalue weighted by atomic mass is 9.93. The minimum atomic E-state index is -0.430. The summed E-state index contributed by atoms with van der Waals surface area (Å²) in [6.45, 7) is 17.6. The zero-order chi connectivity index (χ0) is 16.0. The number of likely N-dealkylation sites (tertiary alicyclic amines) is 1. The summed E-state index contributed by atoms with van der Waals surface area (Å²) in [5.41, 5.74) is -0.430. The maximum atomic E-state index is 9.50. The fourth-order valence-electron chi connectivity index (χ4n) is 3.70. The second-order valence-corrected chi connectivity index (χ2v) is 6.95. The first kappa shape index (κ1) is 18.4. The molecule has 1 aliphatic rings. The molecule has 0 spiro atoms. The zero-order valence-electron chi connectivity index (χ0n) is 14.8. The van der Waals surface area contributed by atoms with Crippen LogP contribution in [0, 0.1) is 11.3 Å². The molecule has 122 valence electrons. The van der Waals surface area contributed by atoms with Crippen molar-refractivity contribution in [3.63, 3.8) is 0 Å². The van der Waals surface area contributed by atoms with E-state index < -0.39 is 5.54 Å². The van der Waals surface area contributed by atoms with E-state index in [-0.39, 0.29) is 0 Å². The molecule has 1 heterocycles. The average molecular weight is 294 g/mol. The molecule has 1 saturated heterocycles. The standard InChI is InChI=1S/C17H34N4/c1-7-20(8-2)16-9-10-21(12-16)15(5)11-17(6,13-18)19-14(3)4/h14-16,19H,7-12H2,1-6H3. The summed E-state index contributed by atoms with van der Waals surface area (Å²) in [6, 6.07) is 3.94. The monoisotopic (exact) mass is 294 g/mol. The molecule has 0 aromatic rings. The lowest BCUT2D eigenvalue weighted by Gasteiger charge is -2.33. The molecule has 0 radical (unpaired) electrons. The van der Waals surface area contributed by atoms with Crippen molar-refractivity contribution in [1.29, 1.82) is 5.26 Å². The van der Waals surface area contributed by atoms with Crippen molar-refractivity contribution in [1.82, 2.24) is 15.1 Å². The summed E-state index contributed by atoms with van der Waals surface area (Å²) >= 11 is 0. The number of rotatable bonds is 8. The molecule has 4 nitrogen and oxygen atoms in total. The molecule has 1 rings (SSSR count). The van der Waals surface area contributed by atoms with Crippen LogP contribution in [0.3, 0.4) is 0 Å². The van der Waals surface area contributed by atoms with Crippen LogP contribution in [-0.2, 0) is 0 Å². The van der Waals surface area contributed by atoms with Gasteiger partial charge in [-0.15, -0.1) is 0 Å². The SMILES string of the molecule is CCN(CC)C1CCN(C(C)CC(C)(C#N)NC(C)C)C1. The minimum absolute atomic E-state index is 0.337. The highest BCUT2D eigenvalue weighted by atomic mass is 15.3. The fraction of sp³-hybridized carbons (Fsp3) is 0.941. The Hall–Kier alpha value is -0.630. The van der Waals surface area contributed by atoms with Crippen molar-refractivity contribution in [2.45, 2.75) is 78.0 Å². The summed E-state index contributed by atoms with van der Waals surface area (Å²) in [5, 5.41) is 12.9. The van der Waals surface area contributed by atoms with E-state index in [0.29, 0.717) is 18.1 Å². The minimum Gasteiger partial charge on any atom is -0.300 e. The van der Waals surface area contributed by atoms with Crippen LogP contribution in [0.1, 0.15) is 54.4 Å². The van der Waals surface area contributed by atoms with Gasteiger partial charge in [0.15, 0.2) is 0 Å². The Morgan fingerprint density at radius 1 is 1.33 bits per heavy atom. The number of nitrogens with zero attached hydrogens (tertiary/aromatic N) is 3. The first-order valence-electron chi connectivity index (χ1n) is 8.52. The Balaban J connectivity index is 2.57. The molecular weight excluding hydrogens is 260 g/mol. The Kier molecular flexibility index (Phi) is 7.12. The quantitative estimate of drug-likeness (QED) is 0.747. The van der Waals surface area contributed by atoms with Gasteiger partial charge in [0.25, 0.3) is 0 Å². The number of likely N-dealkylation sites (N-methyl/N-ethyl adjacent to an activating group) is 1. The molecule has 3 atom stereocenters. The topological polar surface area (TPSA) is 42.3 Å². The molecule has 1 fully saturated rings. The van der Waals surface area contributed by atoms with Gasteiger partial charge in [0, 0.05) is 31.2 Å². The van der Waals surface area contributed by atoms with Crippen LogP contribution in [0.5, 0.6) is 0 Å². The number of hydrogen-bond acceptors (Lipinski definition) is 4. The zero-order valence-corrected chi connectivity index (χ0v) is 14.8. The van der Waals surface area contributed by atoms with Gasteiger partial charge in [0.1, 0.15) is 5.54 Å². The molecular formula is C17H34N4. The molecule has 0 bridgehead atoms. The van der Waals surface area contributed by atoms with Gasteiger partial charge >= 0.3 is 0 Å². The van der Waals surface area contributed by atoms with Crippen LogP contribution < -0.4 is 5.32 Å².